The number of nitrogens with zero attached hydrogens (tertiary/aromatic N) is 1. The molecule has 2 rings (SSSR count). The number of nitrogens with one attached hydrogen (secondary N) is 1. The Balaban J connectivity index is 2.33. The Hall–Kier alpha value is -1.01. The molecule has 1 aliphatic heterocycles. The van der Waals surface area contributed by atoms with Crippen molar-refractivity contribution >= 4 is 21.8 Å². The van der Waals surface area contributed by atoms with E-state index in [0.29, 0.717) is 13.1 Å². The summed E-state index contributed by atoms with van der Waals surface area (Å²) >= 11 is 3.00. The average Bonchev–Trinajstić information content (AvgIpc) is 2.30. The zero-order valence-corrected chi connectivity index (χ0v) is 12.3. The van der Waals surface area contributed by atoms with Crippen LogP contribution in [-0.4, -0.2) is 36.0 Å². The Morgan fingerprint density at radius 2 is 1.95 bits per heavy atom. The molecule has 104 valence electrons. The molecule has 1 aliphatic rings. The van der Waals surface area contributed by atoms with Crippen LogP contribution in [0, 0.1) is 11.6 Å². The maximum absolute atomic E-state index is 13.8. The fraction of sp³-hybridized carbons (Fsp3) is 0.462. The van der Waals surface area contributed by atoms with E-state index in [-0.39, 0.29) is 16.6 Å². The van der Waals surface area contributed by atoms with E-state index in [0.717, 1.165) is 12.1 Å². The van der Waals surface area contributed by atoms with Crippen LogP contribution in [-0.2, 0) is 0 Å². The van der Waals surface area contributed by atoms with Gasteiger partial charge in [0.15, 0.2) is 0 Å². The van der Waals surface area contributed by atoms with Gasteiger partial charge in [0, 0.05) is 29.6 Å². The second-order valence-electron chi connectivity index (χ2n) is 4.86. The summed E-state index contributed by atoms with van der Waals surface area (Å²) in [6.07, 6.45) is 0. The lowest BCUT2D eigenvalue weighted by Gasteiger charge is -2.37. The molecule has 1 aromatic carbocycles. The van der Waals surface area contributed by atoms with Gasteiger partial charge >= 0.3 is 0 Å². The van der Waals surface area contributed by atoms with Crippen LogP contribution in [0.5, 0.6) is 0 Å². The Morgan fingerprint density at radius 3 is 2.53 bits per heavy atom. The highest BCUT2D eigenvalue weighted by atomic mass is 79.9. The Morgan fingerprint density at radius 1 is 1.37 bits per heavy atom. The minimum atomic E-state index is -0.838. The topological polar surface area (TPSA) is 32.3 Å². The zero-order valence-electron chi connectivity index (χ0n) is 10.7. The molecule has 1 aromatic rings. The van der Waals surface area contributed by atoms with E-state index < -0.39 is 23.1 Å². The third-order valence-corrected chi connectivity index (χ3v) is 3.70. The maximum atomic E-state index is 13.8. The summed E-state index contributed by atoms with van der Waals surface area (Å²) in [6, 6.07) is 2.23. The molecule has 1 fully saturated rings. The predicted molar refractivity (Wildman–Crippen MR) is 72.0 cm³/mol. The number of hydrogen-bond acceptors (Lipinski definition) is 2. The number of hydrogen-bond donors (Lipinski definition) is 1. The molecule has 1 saturated heterocycles. The largest absolute Gasteiger partial charge is 0.333 e. The fourth-order valence-electron chi connectivity index (χ4n) is 2.19. The second kappa shape index (κ2) is 5.54. The average molecular weight is 333 g/mol. The predicted octanol–water partition coefficient (Wildman–Crippen LogP) is 2.55. The van der Waals surface area contributed by atoms with E-state index in [9.17, 15) is 13.6 Å². The normalized spacial score (nSPS) is 23.5. The van der Waals surface area contributed by atoms with Crippen molar-refractivity contribution < 1.29 is 13.6 Å². The molecule has 2 unspecified atom stereocenters. The van der Waals surface area contributed by atoms with E-state index in [1.165, 1.54) is 4.90 Å². The minimum Gasteiger partial charge on any atom is -0.333 e. The van der Waals surface area contributed by atoms with Crippen LogP contribution in [0.15, 0.2) is 16.6 Å². The summed E-state index contributed by atoms with van der Waals surface area (Å²) in [7, 11) is 0. The Bertz CT molecular complexity index is 486. The van der Waals surface area contributed by atoms with Crippen molar-refractivity contribution in [1.29, 1.82) is 0 Å². The first-order valence-corrected chi connectivity index (χ1v) is 6.88. The molecule has 6 heteroatoms. The number of halogens is 3. The van der Waals surface area contributed by atoms with Crippen molar-refractivity contribution in [3.05, 3.63) is 33.8 Å². The highest BCUT2D eigenvalue weighted by Crippen LogP contribution is 2.22. The van der Waals surface area contributed by atoms with E-state index in [1.807, 2.05) is 13.8 Å². The molecular formula is C13H15BrF2N2O. The minimum absolute atomic E-state index is 0.0915. The highest BCUT2D eigenvalue weighted by Gasteiger charge is 2.30. The number of piperazine rings is 1. The lowest BCUT2D eigenvalue weighted by Crippen LogP contribution is -2.56. The standard InChI is InChI=1S/C13H15BrF2N2O/c1-7-6-18(8(2)5-17-7)13(19)12-10(15)3-9(14)4-11(12)16/h3-4,7-8,17H,5-6H2,1-2H3. The molecule has 19 heavy (non-hydrogen) atoms. The smallest absolute Gasteiger partial charge is 0.260 e. The van der Waals surface area contributed by atoms with E-state index in [4.69, 9.17) is 0 Å². The molecule has 0 spiro atoms. The zero-order chi connectivity index (χ0) is 14.2. The van der Waals surface area contributed by atoms with Crippen LogP contribution >= 0.6 is 15.9 Å². The third kappa shape index (κ3) is 2.95. The number of amides is 1. The first-order valence-electron chi connectivity index (χ1n) is 6.09. The van der Waals surface area contributed by atoms with Gasteiger partial charge in [0.05, 0.1) is 0 Å². The molecular weight excluding hydrogens is 318 g/mol. The number of carbonyl (C=O) groups excluding carboxylic acids is 1. The molecule has 0 saturated carbocycles. The van der Waals surface area contributed by atoms with Crippen molar-refractivity contribution in [2.75, 3.05) is 13.1 Å². The molecule has 3 nitrogen and oxygen atoms in total. The van der Waals surface area contributed by atoms with Gasteiger partial charge in [-0.1, -0.05) is 15.9 Å². The molecule has 0 bridgehead atoms. The van der Waals surface area contributed by atoms with Crippen molar-refractivity contribution in [1.82, 2.24) is 10.2 Å². The SMILES string of the molecule is CC1CN(C(=O)c2c(F)cc(Br)cc2F)C(C)CN1. The summed E-state index contributed by atoms with van der Waals surface area (Å²) in [4.78, 5) is 13.8. The van der Waals surface area contributed by atoms with Crippen molar-refractivity contribution in [3.63, 3.8) is 0 Å². The summed E-state index contributed by atoms with van der Waals surface area (Å²) in [6.45, 7) is 4.84. The molecule has 0 aromatic heterocycles. The monoisotopic (exact) mass is 332 g/mol. The molecule has 0 radical (unpaired) electrons. The third-order valence-electron chi connectivity index (χ3n) is 3.25. The van der Waals surface area contributed by atoms with Gasteiger partial charge in [-0.15, -0.1) is 0 Å². The van der Waals surface area contributed by atoms with E-state index in [1.54, 1.807) is 0 Å². The summed E-state index contributed by atoms with van der Waals surface area (Å²) in [5.41, 5.74) is -0.482. The van der Waals surface area contributed by atoms with Gasteiger partial charge in [0.1, 0.15) is 17.2 Å². The van der Waals surface area contributed by atoms with Crippen molar-refractivity contribution in [3.8, 4) is 0 Å². The van der Waals surface area contributed by atoms with Crippen LogP contribution in [0.2, 0.25) is 0 Å². The van der Waals surface area contributed by atoms with E-state index >= 15 is 0 Å². The first kappa shape index (κ1) is 14.4. The van der Waals surface area contributed by atoms with Crippen LogP contribution in [0.1, 0.15) is 24.2 Å². The maximum Gasteiger partial charge on any atom is 0.260 e. The fourth-order valence-corrected chi connectivity index (χ4v) is 2.60. The van der Waals surface area contributed by atoms with Crippen LogP contribution in [0.4, 0.5) is 8.78 Å². The van der Waals surface area contributed by atoms with E-state index in [2.05, 4.69) is 21.2 Å². The quantitative estimate of drug-likeness (QED) is 0.857. The summed E-state index contributed by atoms with van der Waals surface area (Å²) < 4.78 is 27.9. The van der Waals surface area contributed by atoms with Gasteiger partial charge in [-0.05, 0) is 26.0 Å². The lowest BCUT2D eigenvalue weighted by molar-refractivity contribution is 0.0606. The number of carbonyl (C=O) groups is 1. The lowest BCUT2D eigenvalue weighted by atomic mass is 10.1. The van der Waals surface area contributed by atoms with Gasteiger partial charge in [0.25, 0.3) is 5.91 Å². The highest BCUT2D eigenvalue weighted by molar-refractivity contribution is 9.10. The van der Waals surface area contributed by atoms with Gasteiger partial charge in [-0.25, -0.2) is 8.78 Å². The van der Waals surface area contributed by atoms with Crippen molar-refractivity contribution in [2.24, 2.45) is 0 Å². The molecule has 1 amide bonds. The first-order chi connectivity index (χ1) is 8.90. The van der Waals surface area contributed by atoms with Crippen LogP contribution in [0.3, 0.4) is 0 Å². The summed E-state index contributed by atoms with van der Waals surface area (Å²) in [5, 5.41) is 3.22. The van der Waals surface area contributed by atoms with Crippen LogP contribution in [0.25, 0.3) is 0 Å². The second-order valence-corrected chi connectivity index (χ2v) is 5.78. The molecule has 0 aliphatic carbocycles. The molecule has 2 atom stereocenters. The molecule has 1 heterocycles. The van der Waals surface area contributed by atoms with Crippen molar-refractivity contribution in [2.45, 2.75) is 25.9 Å². The van der Waals surface area contributed by atoms with Gasteiger partial charge in [-0.2, -0.15) is 0 Å². The summed E-state index contributed by atoms with van der Waals surface area (Å²) in [5.74, 6) is -2.27. The molecule has 1 N–H and O–H groups in total. The van der Waals surface area contributed by atoms with Gasteiger partial charge in [-0.3, -0.25) is 4.79 Å². The number of benzene rings is 1. The van der Waals surface area contributed by atoms with Gasteiger partial charge < -0.3 is 10.2 Å². The Kier molecular flexibility index (Phi) is 4.20. The number of rotatable bonds is 1. The van der Waals surface area contributed by atoms with Crippen LogP contribution < -0.4 is 5.32 Å². The van der Waals surface area contributed by atoms with Gasteiger partial charge in [0.2, 0.25) is 0 Å². The Labute approximate surface area is 119 Å².